The number of aryl methyl sites for hydroxylation is 2. The highest BCUT2D eigenvalue weighted by Crippen LogP contribution is 2.21. The van der Waals surface area contributed by atoms with E-state index in [1.807, 2.05) is 32.6 Å². The summed E-state index contributed by atoms with van der Waals surface area (Å²) in [5.74, 6) is 0.848. The molecule has 2 aromatic carbocycles. The lowest BCUT2D eigenvalue weighted by Gasteiger charge is -2.27. The quantitative estimate of drug-likeness (QED) is 0.566. The molecule has 0 bridgehead atoms. The Morgan fingerprint density at radius 1 is 1.00 bits per heavy atom. The number of nitrogens with zero attached hydrogens (tertiary/aromatic N) is 1. The summed E-state index contributed by atoms with van der Waals surface area (Å²) < 4.78 is 17.5. The largest absolute Gasteiger partial charge is 0.496 e. The van der Waals surface area contributed by atoms with Crippen molar-refractivity contribution in [3.8, 4) is 5.75 Å². The number of hydrogen-bond acceptors (Lipinski definition) is 4. The Kier molecular flexibility index (Phi) is 19.6. The van der Waals surface area contributed by atoms with Crippen LogP contribution < -0.4 is 4.74 Å². The van der Waals surface area contributed by atoms with Crippen molar-refractivity contribution in [3.63, 3.8) is 0 Å². The van der Waals surface area contributed by atoms with Crippen LogP contribution in [-0.4, -0.2) is 45.2 Å². The number of halogens is 1. The topological polar surface area (TPSA) is 46.6 Å². The van der Waals surface area contributed by atoms with E-state index in [1.165, 1.54) is 43.5 Å². The Morgan fingerprint density at radius 3 is 2.03 bits per heavy atom. The highest BCUT2D eigenvalue weighted by Gasteiger charge is 2.12. The molecule has 4 nitrogen and oxygen atoms in total. The van der Waals surface area contributed by atoms with Crippen LogP contribution in [0.4, 0.5) is 4.39 Å². The van der Waals surface area contributed by atoms with E-state index in [9.17, 15) is 4.39 Å². The van der Waals surface area contributed by atoms with E-state index >= 15 is 0 Å². The minimum Gasteiger partial charge on any atom is -0.496 e. The van der Waals surface area contributed by atoms with Gasteiger partial charge in [0.15, 0.2) is 0 Å². The highest BCUT2D eigenvalue weighted by atomic mass is 19.1. The lowest BCUT2D eigenvalue weighted by Crippen LogP contribution is -2.32. The van der Waals surface area contributed by atoms with Crippen molar-refractivity contribution >= 4 is 13.6 Å². The average molecular weight is 420 g/mol. The van der Waals surface area contributed by atoms with Crippen molar-refractivity contribution in [1.82, 2.24) is 4.90 Å². The number of benzene rings is 2. The van der Waals surface area contributed by atoms with Gasteiger partial charge >= 0.3 is 0 Å². The van der Waals surface area contributed by atoms with Crippen molar-refractivity contribution in [2.24, 2.45) is 0 Å². The number of rotatable bonds is 8. The summed E-state index contributed by atoms with van der Waals surface area (Å²) >= 11 is 0. The van der Waals surface area contributed by atoms with Crippen LogP contribution in [0.3, 0.4) is 0 Å². The van der Waals surface area contributed by atoms with Crippen molar-refractivity contribution in [2.75, 3.05) is 20.7 Å². The normalized spacial score (nSPS) is 10.4. The van der Waals surface area contributed by atoms with E-state index < -0.39 is 0 Å². The van der Waals surface area contributed by atoms with Crippen LogP contribution >= 0.6 is 0 Å². The Morgan fingerprint density at radius 2 is 1.57 bits per heavy atom. The van der Waals surface area contributed by atoms with Gasteiger partial charge in [-0.25, -0.2) is 4.39 Å². The first kappa shape index (κ1) is 29.7. The Balaban J connectivity index is 0. The van der Waals surface area contributed by atoms with Gasteiger partial charge in [-0.2, -0.15) is 0 Å². The number of methoxy groups -OCH3 is 1. The predicted octanol–water partition coefficient (Wildman–Crippen LogP) is 5.51. The fourth-order valence-electron chi connectivity index (χ4n) is 3.04. The van der Waals surface area contributed by atoms with Crippen LogP contribution in [-0.2, 0) is 16.0 Å². The molecule has 5 heteroatoms. The van der Waals surface area contributed by atoms with Gasteiger partial charge in [-0.05, 0) is 70.0 Å². The summed E-state index contributed by atoms with van der Waals surface area (Å²) in [4.78, 5) is 18.5. The second-order valence-corrected chi connectivity index (χ2v) is 6.69. The van der Waals surface area contributed by atoms with Gasteiger partial charge in [0, 0.05) is 6.04 Å². The van der Waals surface area contributed by atoms with E-state index in [-0.39, 0.29) is 5.82 Å². The molecule has 0 aliphatic rings. The van der Waals surface area contributed by atoms with Gasteiger partial charge in [-0.15, -0.1) is 0 Å². The molecule has 0 spiro atoms. The number of hydrogen-bond donors (Lipinski definition) is 0. The zero-order valence-electron chi connectivity index (χ0n) is 19.2. The SMILES string of the molecule is C=O.C=O.CCCN(C)C(CC)CCc1ccccc1OC.Cc1ccc(F)cc1. The zero-order chi connectivity index (χ0) is 23.4. The first-order chi connectivity index (χ1) is 14.5. The summed E-state index contributed by atoms with van der Waals surface area (Å²) in [6.45, 7) is 11.6. The molecular weight excluding hydrogens is 381 g/mol. The molecule has 168 valence electrons. The molecule has 1 unspecified atom stereocenters. The number of carbonyl (C=O) groups excluding carboxylic acids is 2. The van der Waals surface area contributed by atoms with E-state index in [2.05, 4.69) is 37.9 Å². The van der Waals surface area contributed by atoms with E-state index in [1.54, 1.807) is 19.2 Å². The Hall–Kier alpha value is -2.53. The van der Waals surface area contributed by atoms with Crippen LogP contribution in [0.1, 0.15) is 44.2 Å². The summed E-state index contributed by atoms with van der Waals surface area (Å²) in [7, 11) is 3.99. The van der Waals surface area contributed by atoms with E-state index in [0.29, 0.717) is 6.04 Å². The number of para-hydroxylation sites is 1. The van der Waals surface area contributed by atoms with E-state index in [0.717, 1.165) is 17.7 Å². The molecule has 0 saturated heterocycles. The summed E-state index contributed by atoms with van der Waals surface area (Å²) in [5.41, 5.74) is 2.41. The molecule has 0 aliphatic carbocycles. The molecular formula is C25H38FNO3. The monoisotopic (exact) mass is 419 g/mol. The molecule has 2 rings (SSSR count). The van der Waals surface area contributed by atoms with Crippen molar-refractivity contribution in [2.45, 2.75) is 52.5 Å². The predicted molar refractivity (Wildman–Crippen MR) is 124 cm³/mol. The van der Waals surface area contributed by atoms with Crippen LogP contribution in [0.25, 0.3) is 0 Å². The standard InChI is InChI=1S/C16H27NO.C7H7F.2CH2O/c1-5-13-17(3)15(6-2)12-11-14-9-7-8-10-16(14)18-4;1-6-2-4-7(8)5-3-6;2*1-2/h7-10,15H,5-6,11-13H2,1-4H3;2-5H,1H3;2*1H2. The summed E-state index contributed by atoms with van der Waals surface area (Å²) in [6, 6.07) is 15.4. The van der Waals surface area contributed by atoms with Crippen molar-refractivity contribution in [1.29, 1.82) is 0 Å². The Labute approximate surface area is 182 Å². The van der Waals surface area contributed by atoms with Gasteiger partial charge in [0.05, 0.1) is 7.11 Å². The van der Waals surface area contributed by atoms with Gasteiger partial charge in [0.1, 0.15) is 25.1 Å². The number of ether oxygens (including phenoxy) is 1. The first-order valence-electron chi connectivity index (χ1n) is 10.1. The van der Waals surface area contributed by atoms with Gasteiger partial charge in [0.25, 0.3) is 0 Å². The smallest absolute Gasteiger partial charge is 0.123 e. The maximum atomic E-state index is 12.1. The molecule has 0 N–H and O–H groups in total. The third kappa shape index (κ3) is 12.8. The van der Waals surface area contributed by atoms with Gasteiger partial charge < -0.3 is 19.2 Å². The zero-order valence-corrected chi connectivity index (χ0v) is 19.2. The second kappa shape index (κ2) is 19.8. The molecule has 0 aromatic heterocycles. The fourth-order valence-corrected chi connectivity index (χ4v) is 3.04. The lowest BCUT2D eigenvalue weighted by atomic mass is 10.0. The van der Waals surface area contributed by atoms with Gasteiger partial charge in [0.2, 0.25) is 0 Å². The third-order valence-corrected chi connectivity index (χ3v) is 4.62. The lowest BCUT2D eigenvalue weighted by molar-refractivity contribution is -0.0987. The molecule has 0 radical (unpaired) electrons. The summed E-state index contributed by atoms with van der Waals surface area (Å²) in [5, 5.41) is 0. The fraction of sp³-hybridized carbons (Fsp3) is 0.440. The Bertz CT molecular complexity index is 626. The average Bonchev–Trinajstić information content (AvgIpc) is 2.80. The molecule has 1 atom stereocenters. The molecule has 0 amide bonds. The minimum absolute atomic E-state index is 0.171. The maximum absolute atomic E-state index is 12.1. The highest BCUT2D eigenvalue weighted by molar-refractivity contribution is 5.33. The van der Waals surface area contributed by atoms with Crippen LogP contribution in [0.5, 0.6) is 5.75 Å². The van der Waals surface area contributed by atoms with Crippen molar-refractivity contribution in [3.05, 3.63) is 65.5 Å². The molecule has 0 fully saturated rings. The molecule has 0 heterocycles. The first-order valence-corrected chi connectivity index (χ1v) is 10.1. The molecule has 0 aliphatic heterocycles. The minimum atomic E-state index is -0.171. The van der Waals surface area contributed by atoms with Gasteiger partial charge in [-0.1, -0.05) is 49.7 Å². The molecule has 30 heavy (non-hydrogen) atoms. The van der Waals surface area contributed by atoms with Crippen LogP contribution in [0.2, 0.25) is 0 Å². The van der Waals surface area contributed by atoms with Crippen LogP contribution in [0.15, 0.2) is 48.5 Å². The number of carbonyl (C=O) groups is 2. The second-order valence-electron chi connectivity index (χ2n) is 6.69. The van der Waals surface area contributed by atoms with Gasteiger partial charge in [-0.3, -0.25) is 0 Å². The van der Waals surface area contributed by atoms with E-state index in [4.69, 9.17) is 14.3 Å². The van der Waals surface area contributed by atoms with Crippen LogP contribution in [0, 0.1) is 12.7 Å². The maximum Gasteiger partial charge on any atom is 0.123 e. The molecule has 0 saturated carbocycles. The van der Waals surface area contributed by atoms with Crippen molar-refractivity contribution < 1.29 is 18.7 Å². The molecule has 2 aromatic rings. The summed E-state index contributed by atoms with van der Waals surface area (Å²) in [6.07, 6.45) is 4.73. The third-order valence-electron chi connectivity index (χ3n) is 4.62.